The van der Waals surface area contributed by atoms with Crippen LogP contribution < -0.4 is 10.2 Å². The quantitative estimate of drug-likeness (QED) is 0.261. The van der Waals surface area contributed by atoms with Crippen LogP contribution in [0.4, 0.5) is 5.82 Å². The fourth-order valence-corrected chi connectivity index (χ4v) is 4.09. The highest BCUT2D eigenvalue weighted by Gasteiger charge is 2.25. The van der Waals surface area contributed by atoms with Gasteiger partial charge >= 0.3 is 0 Å². The van der Waals surface area contributed by atoms with Crippen molar-refractivity contribution < 1.29 is 0 Å². The maximum absolute atomic E-state index is 6.02. The predicted octanol–water partition coefficient (Wildman–Crippen LogP) is 6.63. The minimum atomic E-state index is -0.0248. The fraction of sp³-hybridized carbons (Fsp3) is 0.296. The lowest BCUT2D eigenvalue weighted by Gasteiger charge is -2.34. The summed E-state index contributed by atoms with van der Waals surface area (Å²) in [6, 6.07) is 19.9. The van der Waals surface area contributed by atoms with Crippen molar-refractivity contribution in [2.45, 2.75) is 39.8 Å². The molecule has 0 amide bonds. The van der Waals surface area contributed by atoms with Gasteiger partial charge in [0, 0.05) is 35.4 Å². The first-order valence-electron chi connectivity index (χ1n) is 11.2. The van der Waals surface area contributed by atoms with E-state index in [1.807, 2.05) is 73.7 Å². The largest absolute Gasteiger partial charge is 0.374 e. The summed E-state index contributed by atoms with van der Waals surface area (Å²) < 4.78 is 0. The molecule has 0 saturated carbocycles. The summed E-state index contributed by atoms with van der Waals surface area (Å²) in [7, 11) is 0. The van der Waals surface area contributed by atoms with E-state index < -0.39 is 0 Å². The van der Waals surface area contributed by atoms with Crippen LogP contribution in [0.2, 0.25) is 5.02 Å². The van der Waals surface area contributed by atoms with E-state index in [4.69, 9.17) is 28.8 Å². The van der Waals surface area contributed by atoms with Gasteiger partial charge < -0.3 is 10.2 Å². The highest BCUT2D eigenvalue weighted by molar-refractivity contribution is 7.80. The van der Waals surface area contributed by atoms with Gasteiger partial charge in [-0.05, 0) is 37.0 Å². The molecule has 0 fully saturated rings. The molecule has 1 heterocycles. The Labute approximate surface area is 207 Å². The average molecular weight is 479 g/mol. The summed E-state index contributed by atoms with van der Waals surface area (Å²) in [6.45, 7) is 11.7. The molecule has 0 bridgehead atoms. The molecule has 0 spiro atoms. The van der Waals surface area contributed by atoms with Crippen molar-refractivity contribution in [3.05, 3.63) is 89.6 Å². The van der Waals surface area contributed by atoms with Gasteiger partial charge in [0.1, 0.15) is 5.82 Å². The average Bonchev–Trinajstić information content (AvgIpc) is 2.80. The van der Waals surface area contributed by atoms with Gasteiger partial charge in [-0.1, -0.05) is 86.2 Å². The maximum atomic E-state index is 6.02. The third-order valence-corrected chi connectivity index (χ3v) is 5.91. The maximum Gasteiger partial charge on any atom is 0.161 e. The van der Waals surface area contributed by atoms with E-state index >= 15 is 0 Å². The molecule has 1 N–H and O–H groups in total. The smallest absolute Gasteiger partial charge is 0.161 e. The number of nitrogens with one attached hydrogen (secondary N) is 1. The number of anilines is 1. The lowest BCUT2D eigenvalue weighted by atomic mass is 10.0. The molecule has 0 radical (unpaired) electrons. The lowest BCUT2D eigenvalue weighted by molar-refractivity contribution is 0.533. The number of rotatable bonds is 10. The van der Waals surface area contributed by atoms with Crippen LogP contribution in [0.1, 0.15) is 31.5 Å². The molecule has 1 atom stereocenters. The van der Waals surface area contributed by atoms with Crippen molar-refractivity contribution in [3.8, 4) is 11.4 Å². The molecular formula is C27H31ClN4S. The monoisotopic (exact) mass is 478 g/mol. The zero-order valence-electron chi connectivity index (χ0n) is 19.5. The van der Waals surface area contributed by atoms with Gasteiger partial charge in [0.25, 0.3) is 0 Å². The van der Waals surface area contributed by atoms with Gasteiger partial charge in [-0.2, -0.15) is 0 Å². The molecule has 4 nitrogen and oxygen atoms in total. The first kappa shape index (κ1) is 24.9. The zero-order chi connectivity index (χ0) is 23.8. The molecule has 0 saturated heterocycles. The number of aromatic nitrogens is 2. The summed E-state index contributed by atoms with van der Waals surface area (Å²) in [6.07, 6.45) is 2.79. The second-order valence-corrected chi connectivity index (χ2v) is 9.36. The Bertz CT molecular complexity index is 1070. The van der Waals surface area contributed by atoms with Crippen molar-refractivity contribution in [1.82, 2.24) is 15.3 Å². The Kier molecular flexibility index (Phi) is 8.98. The van der Waals surface area contributed by atoms with Gasteiger partial charge in [-0.3, -0.25) is 0 Å². The Balaban J connectivity index is 1.91. The molecule has 6 heteroatoms. The third kappa shape index (κ3) is 7.11. The molecule has 0 aliphatic rings. The number of hydrogen-bond donors (Lipinski definition) is 1. The predicted molar refractivity (Wildman–Crippen MR) is 144 cm³/mol. The molecule has 33 heavy (non-hydrogen) atoms. The van der Waals surface area contributed by atoms with Crippen LogP contribution in [0, 0.1) is 12.8 Å². The minimum absolute atomic E-state index is 0.0248. The minimum Gasteiger partial charge on any atom is -0.374 e. The molecule has 2 aromatic carbocycles. The van der Waals surface area contributed by atoms with E-state index in [2.05, 4.69) is 35.6 Å². The van der Waals surface area contributed by atoms with Gasteiger partial charge in [0.05, 0.1) is 11.0 Å². The van der Waals surface area contributed by atoms with E-state index in [-0.39, 0.29) is 6.04 Å². The van der Waals surface area contributed by atoms with E-state index in [0.717, 1.165) is 39.1 Å². The molecule has 1 aromatic heterocycles. The second-order valence-electron chi connectivity index (χ2n) is 8.49. The number of aryl methyl sites for hydroxylation is 1. The summed E-state index contributed by atoms with van der Waals surface area (Å²) in [5.74, 6) is 2.01. The standard InChI is InChI=1S/C27H31ClN4S/c1-5-15-32(25-17-20(4)30-26(31-25)22-9-7-6-8-10-22)24(16-19(2)3)27(33)29-18-21-11-13-23(28)14-12-21/h5-14,17,19,24H,1,15-16,18H2,2-4H3,(H,29,33). The summed E-state index contributed by atoms with van der Waals surface area (Å²) in [5.41, 5.74) is 3.03. The molecule has 1 unspecified atom stereocenters. The summed E-state index contributed by atoms with van der Waals surface area (Å²) in [5, 5.41) is 4.19. The second kappa shape index (κ2) is 11.9. The van der Waals surface area contributed by atoms with E-state index in [1.54, 1.807) is 0 Å². The highest BCUT2D eigenvalue weighted by atomic mass is 35.5. The highest BCUT2D eigenvalue weighted by Crippen LogP contribution is 2.24. The topological polar surface area (TPSA) is 41.1 Å². The van der Waals surface area contributed by atoms with Crippen molar-refractivity contribution in [2.75, 3.05) is 11.4 Å². The van der Waals surface area contributed by atoms with Crippen molar-refractivity contribution >= 4 is 34.6 Å². The molecule has 0 aliphatic heterocycles. The van der Waals surface area contributed by atoms with E-state index in [9.17, 15) is 0 Å². The number of hydrogen-bond acceptors (Lipinski definition) is 4. The third-order valence-electron chi connectivity index (χ3n) is 5.25. The number of benzene rings is 2. The van der Waals surface area contributed by atoms with Crippen LogP contribution in [0.5, 0.6) is 0 Å². The van der Waals surface area contributed by atoms with Gasteiger partial charge in [0.15, 0.2) is 5.82 Å². The molecule has 172 valence electrons. The Morgan fingerprint density at radius 1 is 1.12 bits per heavy atom. The van der Waals surface area contributed by atoms with Crippen LogP contribution >= 0.6 is 23.8 Å². The number of thiocarbonyl (C=S) groups is 1. The number of nitrogens with zero attached hydrogens (tertiary/aromatic N) is 3. The van der Waals surface area contributed by atoms with Crippen LogP contribution in [-0.2, 0) is 6.54 Å². The Morgan fingerprint density at radius 2 is 1.82 bits per heavy atom. The van der Waals surface area contributed by atoms with Crippen LogP contribution in [0.15, 0.2) is 73.3 Å². The first-order chi connectivity index (χ1) is 15.9. The molecule has 3 rings (SSSR count). The van der Waals surface area contributed by atoms with Gasteiger partial charge in [0.2, 0.25) is 0 Å². The number of halogens is 1. The van der Waals surface area contributed by atoms with Crippen LogP contribution in [0.25, 0.3) is 11.4 Å². The normalized spacial score (nSPS) is 11.8. The SMILES string of the molecule is C=CCN(c1cc(C)nc(-c2ccccc2)n1)C(CC(C)C)C(=S)NCc1ccc(Cl)cc1. The Hall–Kier alpha value is -2.76. The summed E-state index contributed by atoms with van der Waals surface area (Å²) in [4.78, 5) is 12.6. The van der Waals surface area contributed by atoms with Crippen LogP contribution in [0.3, 0.4) is 0 Å². The van der Waals surface area contributed by atoms with Crippen molar-refractivity contribution in [1.29, 1.82) is 0 Å². The summed E-state index contributed by atoms with van der Waals surface area (Å²) >= 11 is 11.9. The van der Waals surface area contributed by atoms with Gasteiger partial charge in [-0.15, -0.1) is 6.58 Å². The fourth-order valence-electron chi connectivity index (χ4n) is 3.67. The van der Waals surface area contributed by atoms with Crippen molar-refractivity contribution in [2.24, 2.45) is 5.92 Å². The van der Waals surface area contributed by atoms with Crippen LogP contribution in [-0.4, -0.2) is 27.5 Å². The van der Waals surface area contributed by atoms with Gasteiger partial charge in [-0.25, -0.2) is 9.97 Å². The van der Waals surface area contributed by atoms with E-state index in [0.29, 0.717) is 24.8 Å². The lowest BCUT2D eigenvalue weighted by Crippen LogP contribution is -2.47. The molecular weight excluding hydrogens is 448 g/mol. The first-order valence-corrected chi connectivity index (χ1v) is 12.0. The zero-order valence-corrected chi connectivity index (χ0v) is 21.0. The molecule has 3 aromatic rings. The molecule has 0 aliphatic carbocycles. The Morgan fingerprint density at radius 3 is 2.45 bits per heavy atom. The van der Waals surface area contributed by atoms with Crippen molar-refractivity contribution in [3.63, 3.8) is 0 Å². The van der Waals surface area contributed by atoms with E-state index in [1.165, 1.54) is 0 Å².